The van der Waals surface area contributed by atoms with Crippen LogP contribution in [0.25, 0.3) is 0 Å². The minimum Gasteiger partial charge on any atom is -0.465 e. The third-order valence-electron chi connectivity index (χ3n) is 6.02. The van der Waals surface area contributed by atoms with Crippen molar-refractivity contribution >= 4 is 5.97 Å². The number of hydrogen-bond donors (Lipinski definition) is 0. The van der Waals surface area contributed by atoms with Crippen LogP contribution in [0.4, 0.5) is 0 Å². The summed E-state index contributed by atoms with van der Waals surface area (Å²) in [6.45, 7) is 6.61. The fourth-order valence-electron chi connectivity index (χ4n) is 5.05. The Kier molecular flexibility index (Phi) is 2.53. The number of ether oxygens (including phenoxy) is 3. The minimum atomic E-state index is -0.189. The summed E-state index contributed by atoms with van der Waals surface area (Å²) in [6, 6.07) is 0. The van der Waals surface area contributed by atoms with Crippen LogP contribution < -0.4 is 0 Å². The van der Waals surface area contributed by atoms with Crippen LogP contribution in [-0.4, -0.2) is 37.0 Å². The number of esters is 1. The van der Waals surface area contributed by atoms with E-state index in [2.05, 4.69) is 13.8 Å². The molecule has 4 nitrogen and oxygen atoms in total. The van der Waals surface area contributed by atoms with Gasteiger partial charge in [-0.1, -0.05) is 13.8 Å². The summed E-state index contributed by atoms with van der Waals surface area (Å²) >= 11 is 0. The van der Waals surface area contributed by atoms with Crippen LogP contribution in [0.5, 0.6) is 0 Å². The van der Waals surface area contributed by atoms with Gasteiger partial charge in [0.15, 0.2) is 0 Å². The fourth-order valence-corrected chi connectivity index (χ4v) is 5.05. The highest BCUT2D eigenvalue weighted by atomic mass is 16.6. The van der Waals surface area contributed by atoms with Gasteiger partial charge in [-0.25, -0.2) is 0 Å². The van der Waals surface area contributed by atoms with Crippen LogP contribution in [0, 0.1) is 29.6 Å². The maximum atomic E-state index is 11.0. The third-order valence-corrected chi connectivity index (χ3v) is 6.02. The van der Waals surface area contributed by atoms with Gasteiger partial charge in [-0.05, 0) is 18.3 Å². The largest absolute Gasteiger partial charge is 0.465 e. The zero-order valence-corrected chi connectivity index (χ0v) is 11.7. The lowest BCUT2D eigenvalue weighted by Crippen LogP contribution is -2.46. The van der Waals surface area contributed by atoms with Crippen molar-refractivity contribution in [3.05, 3.63) is 0 Å². The molecule has 4 heteroatoms. The highest BCUT2D eigenvalue weighted by Crippen LogP contribution is 2.61. The summed E-state index contributed by atoms with van der Waals surface area (Å²) < 4.78 is 17.6. The number of hydrogen-bond acceptors (Lipinski definition) is 4. The quantitative estimate of drug-likeness (QED) is 0.713. The van der Waals surface area contributed by atoms with Gasteiger partial charge in [0.05, 0.1) is 31.0 Å². The maximum absolute atomic E-state index is 11.0. The monoisotopic (exact) mass is 266 g/mol. The van der Waals surface area contributed by atoms with E-state index < -0.39 is 0 Å². The van der Waals surface area contributed by atoms with E-state index in [1.54, 1.807) is 0 Å². The molecular weight excluding hydrogens is 244 g/mol. The second-order valence-electron chi connectivity index (χ2n) is 6.88. The number of carbonyl (C=O) groups excluding carboxylic acids is 1. The lowest BCUT2D eigenvalue weighted by atomic mass is 9.62. The lowest BCUT2D eigenvalue weighted by molar-refractivity contribution is -0.143. The van der Waals surface area contributed by atoms with Crippen molar-refractivity contribution in [1.29, 1.82) is 0 Å². The molecule has 4 aliphatic rings. The van der Waals surface area contributed by atoms with Gasteiger partial charge in [0, 0.05) is 24.7 Å². The van der Waals surface area contributed by atoms with Gasteiger partial charge in [-0.15, -0.1) is 0 Å². The van der Waals surface area contributed by atoms with E-state index >= 15 is 0 Å². The normalized spacial score (nSPS) is 57.5. The number of rotatable bonds is 2. The summed E-state index contributed by atoms with van der Waals surface area (Å²) in [6.07, 6.45) is 2.38. The van der Waals surface area contributed by atoms with Crippen molar-refractivity contribution < 1.29 is 19.0 Å². The molecule has 0 N–H and O–H groups in total. The van der Waals surface area contributed by atoms with Crippen molar-refractivity contribution in [3.63, 3.8) is 0 Å². The van der Waals surface area contributed by atoms with Crippen molar-refractivity contribution in [3.8, 4) is 0 Å². The summed E-state index contributed by atoms with van der Waals surface area (Å²) in [5, 5.41) is 0. The molecule has 0 aromatic carbocycles. The van der Waals surface area contributed by atoms with E-state index in [0.29, 0.717) is 54.5 Å². The molecule has 4 bridgehead atoms. The second-order valence-corrected chi connectivity index (χ2v) is 6.88. The maximum Gasteiger partial charge on any atom is 0.302 e. The second kappa shape index (κ2) is 3.95. The Morgan fingerprint density at radius 1 is 1.11 bits per heavy atom. The average Bonchev–Trinajstić information content (AvgIpc) is 3.07. The molecule has 0 saturated carbocycles. The average molecular weight is 266 g/mol. The molecular formula is C15H22O4. The van der Waals surface area contributed by atoms with E-state index in [1.165, 1.54) is 6.92 Å². The molecule has 4 fully saturated rings. The van der Waals surface area contributed by atoms with Gasteiger partial charge in [0.1, 0.15) is 0 Å². The highest BCUT2D eigenvalue weighted by Gasteiger charge is 2.68. The number of fused-ring (bicyclic) bond motifs is 9. The molecule has 0 amide bonds. The first-order chi connectivity index (χ1) is 9.08. The molecule has 4 rings (SSSR count). The van der Waals surface area contributed by atoms with E-state index in [-0.39, 0.29) is 12.1 Å². The first-order valence-electron chi connectivity index (χ1n) is 7.52. The Morgan fingerprint density at radius 3 is 2.47 bits per heavy atom. The van der Waals surface area contributed by atoms with Crippen molar-refractivity contribution in [2.75, 3.05) is 6.61 Å². The Hall–Kier alpha value is -0.610. The molecule has 19 heavy (non-hydrogen) atoms. The minimum absolute atomic E-state index is 0.189. The topological polar surface area (TPSA) is 44.8 Å². The van der Waals surface area contributed by atoms with E-state index in [4.69, 9.17) is 14.2 Å². The van der Waals surface area contributed by atoms with Gasteiger partial charge in [-0.2, -0.15) is 0 Å². The Bertz CT molecular complexity index is 409. The summed E-state index contributed by atoms with van der Waals surface area (Å²) in [7, 11) is 0. The van der Waals surface area contributed by atoms with Crippen LogP contribution in [0.2, 0.25) is 0 Å². The molecule has 0 radical (unpaired) electrons. The molecule has 9 atom stereocenters. The molecule has 0 aromatic rings. The van der Waals surface area contributed by atoms with Crippen LogP contribution in [0.1, 0.15) is 27.2 Å². The zero-order chi connectivity index (χ0) is 13.3. The van der Waals surface area contributed by atoms with Crippen LogP contribution in [0.15, 0.2) is 0 Å². The highest BCUT2D eigenvalue weighted by molar-refractivity contribution is 5.65. The predicted octanol–water partition coefficient (Wildman–Crippen LogP) is 1.62. The molecule has 9 unspecified atom stereocenters. The van der Waals surface area contributed by atoms with Gasteiger partial charge >= 0.3 is 5.97 Å². The molecule has 4 aliphatic heterocycles. The van der Waals surface area contributed by atoms with Crippen molar-refractivity contribution in [2.45, 2.75) is 51.6 Å². The van der Waals surface area contributed by atoms with Gasteiger partial charge in [-0.3, -0.25) is 4.79 Å². The predicted molar refractivity (Wildman–Crippen MR) is 67.4 cm³/mol. The van der Waals surface area contributed by atoms with Crippen LogP contribution >= 0.6 is 0 Å². The smallest absolute Gasteiger partial charge is 0.302 e. The molecule has 4 heterocycles. The van der Waals surface area contributed by atoms with E-state index in [0.717, 1.165) is 6.42 Å². The molecule has 0 spiro atoms. The van der Waals surface area contributed by atoms with Crippen molar-refractivity contribution in [2.24, 2.45) is 29.6 Å². The number of carbonyl (C=O) groups is 1. The van der Waals surface area contributed by atoms with Crippen molar-refractivity contribution in [1.82, 2.24) is 0 Å². The zero-order valence-electron chi connectivity index (χ0n) is 11.7. The first kappa shape index (κ1) is 12.2. The molecule has 0 aromatic heterocycles. The Balaban J connectivity index is 1.52. The van der Waals surface area contributed by atoms with E-state index in [9.17, 15) is 4.79 Å². The molecule has 4 saturated heterocycles. The van der Waals surface area contributed by atoms with Crippen LogP contribution in [0.3, 0.4) is 0 Å². The standard InChI is InChI=1S/C15H22O4/c1-6-7(2)14-12-11(13(6)19-14)10-4-9(15(12)18-10)5-17-8(3)16/h6-7,9-15H,4-5H2,1-3H3. The first-order valence-corrected chi connectivity index (χ1v) is 7.52. The van der Waals surface area contributed by atoms with Crippen LogP contribution in [-0.2, 0) is 19.0 Å². The van der Waals surface area contributed by atoms with Gasteiger partial charge in [0.25, 0.3) is 0 Å². The van der Waals surface area contributed by atoms with Gasteiger partial charge < -0.3 is 14.2 Å². The fraction of sp³-hybridized carbons (Fsp3) is 0.933. The summed E-state index contributed by atoms with van der Waals surface area (Å²) in [5.41, 5.74) is 0. The third kappa shape index (κ3) is 1.50. The SMILES string of the molecule is CC(=O)OCC1CC2OC1C1C3OC(C(C)C3C)C21. The van der Waals surface area contributed by atoms with E-state index in [1.807, 2.05) is 0 Å². The molecule has 0 aliphatic carbocycles. The Morgan fingerprint density at radius 2 is 1.79 bits per heavy atom. The molecule has 106 valence electrons. The summed E-state index contributed by atoms with van der Waals surface area (Å²) in [5.74, 6) is 2.60. The van der Waals surface area contributed by atoms with Gasteiger partial charge in [0.2, 0.25) is 0 Å². The Labute approximate surface area is 113 Å². The summed E-state index contributed by atoms with van der Waals surface area (Å²) in [4.78, 5) is 11.0. The lowest BCUT2D eigenvalue weighted by Gasteiger charge is -2.37.